The zero-order valence-corrected chi connectivity index (χ0v) is 12.8. The minimum Gasteiger partial charge on any atom is -0.0850 e. The van der Waals surface area contributed by atoms with Crippen molar-refractivity contribution in [3.8, 4) is 0 Å². The molecule has 0 amide bonds. The highest BCUT2D eigenvalue weighted by atomic mass is 14.5. The summed E-state index contributed by atoms with van der Waals surface area (Å²) in [4.78, 5) is 0. The molecule has 0 nitrogen and oxygen atoms in total. The predicted molar refractivity (Wildman–Crippen MR) is 88.7 cm³/mol. The number of fused-ring (bicyclic) bond motifs is 6. The van der Waals surface area contributed by atoms with Crippen molar-refractivity contribution >= 4 is 10.8 Å². The monoisotopic (exact) mass is 274 g/mol. The van der Waals surface area contributed by atoms with Crippen LogP contribution in [0, 0.1) is 12.8 Å². The van der Waals surface area contributed by atoms with Gasteiger partial charge in [0, 0.05) is 5.41 Å². The van der Waals surface area contributed by atoms with Gasteiger partial charge in [0.2, 0.25) is 0 Å². The lowest BCUT2D eigenvalue weighted by molar-refractivity contribution is 0.270. The third-order valence-corrected chi connectivity index (χ3v) is 6.35. The Kier molecular flexibility index (Phi) is 2.29. The molecular weight excluding hydrogens is 252 g/mol. The van der Waals surface area contributed by atoms with E-state index in [9.17, 15) is 0 Å². The van der Waals surface area contributed by atoms with E-state index in [4.69, 9.17) is 0 Å². The average molecular weight is 274 g/mol. The van der Waals surface area contributed by atoms with E-state index in [1.807, 2.05) is 0 Å². The molecule has 0 saturated heterocycles. The Balaban J connectivity index is 1.76. The van der Waals surface area contributed by atoms with Gasteiger partial charge in [0.1, 0.15) is 0 Å². The molecule has 0 heterocycles. The van der Waals surface area contributed by atoms with E-state index in [-0.39, 0.29) is 0 Å². The topological polar surface area (TPSA) is 0 Å². The molecule has 0 aromatic heterocycles. The first-order valence-corrected chi connectivity index (χ1v) is 8.46. The highest BCUT2D eigenvalue weighted by Gasteiger charge is 2.49. The number of benzene rings is 2. The van der Waals surface area contributed by atoms with Crippen molar-refractivity contribution in [1.29, 1.82) is 0 Å². The summed E-state index contributed by atoms with van der Waals surface area (Å²) in [7, 11) is 0. The lowest BCUT2D eigenvalue weighted by Crippen LogP contribution is -2.35. The van der Waals surface area contributed by atoms with Gasteiger partial charge in [-0.15, -0.1) is 0 Å². The number of aryl methyl sites for hydroxylation is 2. The number of hydrogen-bond donors (Lipinski definition) is 0. The molecule has 2 unspecified atom stereocenters. The first kappa shape index (κ1) is 12.0. The molecule has 106 valence electrons. The largest absolute Gasteiger partial charge is 0.0850 e. The molecule has 1 saturated carbocycles. The normalized spacial score (nSPS) is 30.0. The average Bonchev–Trinajstić information content (AvgIpc) is 3.07. The number of hydrogen-bond acceptors (Lipinski definition) is 0. The Morgan fingerprint density at radius 3 is 2.86 bits per heavy atom. The highest BCUT2D eigenvalue weighted by Crippen LogP contribution is 2.58. The van der Waals surface area contributed by atoms with Crippen LogP contribution in [0.2, 0.25) is 0 Å². The zero-order valence-electron chi connectivity index (χ0n) is 12.8. The van der Waals surface area contributed by atoms with Crippen molar-refractivity contribution in [2.45, 2.75) is 50.9 Å². The van der Waals surface area contributed by atoms with Crippen molar-refractivity contribution in [1.82, 2.24) is 0 Å². The molecule has 3 aliphatic rings. The summed E-state index contributed by atoms with van der Waals surface area (Å²) in [5.41, 5.74) is 6.97. The Bertz CT molecular complexity index is 780. The fraction of sp³-hybridized carbons (Fsp3) is 0.429. The predicted octanol–water partition coefficient (Wildman–Crippen LogP) is 5.46. The molecular formula is C21H22. The van der Waals surface area contributed by atoms with Crippen LogP contribution in [-0.2, 0) is 11.8 Å². The van der Waals surface area contributed by atoms with E-state index >= 15 is 0 Å². The van der Waals surface area contributed by atoms with Gasteiger partial charge < -0.3 is 0 Å². The van der Waals surface area contributed by atoms with Gasteiger partial charge in [0.15, 0.2) is 0 Å². The highest BCUT2D eigenvalue weighted by molar-refractivity contribution is 5.85. The van der Waals surface area contributed by atoms with Crippen LogP contribution in [0.4, 0.5) is 0 Å². The summed E-state index contributed by atoms with van der Waals surface area (Å²) in [6.07, 6.45) is 10.7. The van der Waals surface area contributed by atoms with E-state index in [0.717, 1.165) is 5.92 Å². The third-order valence-electron chi connectivity index (χ3n) is 6.35. The van der Waals surface area contributed by atoms with Crippen molar-refractivity contribution < 1.29 is 0 Å². The SMILES string of the molecule is Cc1ccc2cc3c(cc2c1)C1(CCC3)CC2=CCC1C2. The van der Waals surface area contributed by atoms with Crippen molar-refractivity contribution in [3.63, 3.8) is 0 Å². The van der Waals surface area contributed by atoms with Crippen LogP contribution in [0.3, 0.4) is 0 Å². The first-order valence-electron chi connectivity index (χ1n) is 8.46. The van der Waals surface area contributed by atoms with E-state index < -0.39 is 0 Å². The van der Waals surface area contributed by atoms with Crippen molar-refractivity contribution in [2.75, 3.05) is 0 Å². The molecule has 1 fully saturated rings. The van der Waals surface area contributed by atoms with Crippen LogP contribution in [0.25, 0.3) is 10.8 Å². The Morgan fingerprint density at radius 1 is 1.10 bits per heavy atom. The van der Waals surface area contributed by atoms with Gasteiger partial charge in [-0.2, -0.15) is 0 Å². The summed E-state index contributed by atoms with van der Waals surface area (Å²) < 4.78 is 0. The Morgan fingerprint density at radius 2 is 2.05 bits per heavy atom. The van der Waals surface area contributed by atoms with E-state index in [1.165, 1.54) is 54.9 Å². The second-order valence-corrected chi connectivity index (χ2v) is 7.55. The summed E-state index contributed by atoms with van der Waals surface area (Å²) in [6, 6.07) is 12.0. The van der Waals surface area contributed by atoms with Crippen LogP contribution >= 0.6 is 0 Å². The number of rotatable bonds is 0. The van der Waals surface area contributed by atoms with Crippen LogP contribution in [-0.4, -0.2) is 0 Å². The molecule has 2 aromatic carbocycles. The van der Waals surface area contributed by atoms with E-state index in [1.54, 1.807) is 16.7 Å². The van der Waals surface area contributed by atoms with Crippen LogP contribution in [0.5, 0.6) is 0 Å². The van der Waals surface area contributed by atoms with E-state index in [2.05, 4.69) is 43.3 Å². The van der Waals surface area contributed by atoms with Gasteiger partial charge in [-0.25, -0.2) is 0 Å². The van der Waals surface area contributed by atoms with Crippen LogP contribution in [0.1, 0.15) is 48.8 Å². The van der Waals surface area contributed by atoms with E-state index in [0.29, 0.717) is 5.41 Å². The van der Waals surface area contributed by atoms with Gasteiger partial charge in [0.05, 0.1) is 0 Å². The minimum atomic E-state index is 0.496. The second kappa shape index (κ2) is 4.00. The van der Waals surface area contributed by atoms with Gasteiger partial charge in [-0.3, -0.25) is 0 Å². The zero-order chi connectivity index (χ0) is 14.0. The second-order valence-electron chi connectivity index (χ2n) is 7.55. The molecule has 0 radical (unpaired) electrons. The fourth-order valence-electron chi connectivity index (χ4n) is 5.38. The molecule has 21 heavy (non-hydrogen) atoms. The fourth-order valence-corrected chi connectivity index (χ4v) is 5.38. The quantitative estimate of drug-likeness (QED) is 0.559. The van der Waals surface area contributed by atoms with Crippen molar-refractivity contribution in [3.05, 3.63) is 58.7 Å². The third kappa shape index (κ3) is 1.56. The molecule has 0 aliphatic heterocycles. The summed E-state index contributed by atoms with van der Waals surface area (Å²) >= 11 is 0. The Labute approximate surface area is 126 Å². The maximum Gasteiger partial charge on any atom is 0.00274 e. The molecule has 0 N–H and O–H groups in total. The summed E-state index contributed by atoms with van der Waals surface area (Å²) in [5, 5.41) is 2.88. The minimum absolute atomic E-state index is 0.496. The lowest BCUT2D eigenvalue weighted by atomic mass is 9.62. The molecule has 3 aliphatic carbocycles. The van der Waals surface area contributed by atoms with Crippen LogP contribution < -0.4 is 0 Å². The molecule has 2 bridgehead atoms. The van der Waals surface area contributed by atoms with Gasteiger partial charge in [-0.1, -0.05) is 47.5 Å². The standard InChI is InChI=1S/C21H22/c1-14-4-6-16-11-17-3-2-8-21(20(17)12-18(16)9-14)13-15-5-7-19(21)10-15/h4-6,9,11-12,19H,2-3,7-8,10,13H2,1H3. The first-order chi connectivity index (χ1) is 10.2. The van der Waals surface area contributed by atoms with Gasteiger partial charge in [0.25, 0.3) is 0 Å². The number of allylic oxidation sites excluding steroid dienone is 2. The maximum atomic E-state index is 2.55. The molecule has 2 atom stereocenters. The molecule has 5 rings (SSSR count). The smallest absolute Gasteiger partial charge is 0.00274 e. The molecule has 0 heteroatoms. The molecule has 1 spiro atoms. The van der Waals surface area contributed by atoms with Gasteiger partial charge >= 0.3 is 0 Å². The maximum absolute atomic E-state index is 2.55. The van der Waals surface area contributed by atoms with Gasteiger partial charge in [-0.05, 0) is 73.3 Å². The lowest BCUT2D eigenvalue weighted by Gasteiger charge is -2.41. The summed E-state index contributed by atoms with van der Waals surface area (Å²) in [6.45, 7) is 2.21. The van der Waals surface area contributed by atoms with Crippen molar-refractivity contribution in [2.24, 2.45) is 5.92 Å². The Hall–Kier alpha value is -1.56. The summed E-state index contributed by atoms with van der Waals surface area (Å²) in [5.74, 6) is 0.897. The molecule has 2 aromatic rings. The van der Waals surface area contributed by atoms with Crippen LogP contribution in [0.15, 0.2) is 42.0 Å².